The topological polar surface area (TPSA) is 95.1 Å². The summed E-state index contributed by atoms with van der Waals surface area (Å²) in [6, 6.07) is 4.73. The highest BCUT2D eigenvalue weighted by Gasteiger charge is 2.16. The minimum absolute atomic E-state index is 0.0469. The molecule has 1 aromatic carbocycles. The molecule has 122 valence electrons. The van der Waals surface area contributed by atoms with Gasteiger partial charge in [0.25, 0.3) is 0 Å². The molecule has 1 N–H and O–H groups in total. The Hall–Kier alpha value is -2.64. The maximum absolute atomic E-state index is 10.9. The van der Waals surface area contributed by atoms with Crippen LogP contribution in [0.2, 0.25) is 0 Å². The van der Waals surface area contributed by atoms with Crippen LogP contribution in [0.4, 0.5) is 11.4 Å². The number of nitro groups is 1. The number of benzene rings is 1. The molecule has 0 spiro atoms. The minimum Gasteiger partial charge on any atom is -0.490 e. The van der Waals surface area contributed by atoms with Crippen molar-refractivity contribution in [2.24, 2.45) is 0 Å². The highest BCUT2D eigenvalue weighted by Crippen LogP contribution is 2.29. The average molecular weight is 317 g/mol. The summed E-state index contributed by atoms with van der Waals surface area (Å²) in [5.41, 5.74) is 0.702. The van der Waals surface area contributed by atoms with Gasteiger partial charge in [0.05, 0.1) is 18.6 Å². The number of nitrogens with zero attached hydrogens (tertiary/aromatic N) is 4. The first-order valence-corrected chi connectivity index (χ1v) is 7.66. The van der Waals surface area contributed by atoms with Gasteiger partial charge in [0.15, 0.2) is 11.6 Å². The molecule has 0 unspecified atom stereocenters. The van der Waals surface area contributed by atoms with Crippen molar-refractivity contribution in [3.05, 3.63) is 40.0 Å². The van der Waals surface area contributed by atoms with E-state index >= 15 is 0 Å². The van der Waals surface area contributed by atoms with Crippen molar-refractivity contribution < 1.29 is 9.66 Å². The van der Waals surface area contributed by atoms with Crippen LogP contribution in [0.15, 0.2) is 18.2 Å². The number of nitrogens with one attached hydrogen (secondary N) is 1. The molecule has 0 amide bonds. The van der Waals surface area contributed by atoms with Crippen LogP contribution in [-0.4, -0.2) is 26.8 Å². The van der Waals surface area contributed by atoms with Crippen molar-refractivity contribution >= 4 is 11.4 Å². The molecule has 0 bridgehead atoms. The lowest BCUT2D eigenvalue weighted by atomic mass is 10.2. The van der Waals surface area contributed by atoms with Gasteiger partial charge in [-0.15, -0.1) is 10.2 Å². The zero-order valence-electron chi connectivity index (χ0n) is 13.0. The van der Waals surface area contributed by atoms with E-state index in [0.717, 1.165) is 43.1 Å². The maximum atomic E-state index is 10.9. The second kappa shape index (κ2) is 6.64. The normalized spacial score (nSPS) is 14.0. The van der Waals surface area contributed by atoms with E-state index in [1.807, 2.05) is 0 Å². The van der Waals surface area contributed by atoms with Gasteiger partial charge in [-0.1, -0.05) is 6.42 Å². The number of methoxy groups -OCH3 is 1. The molecule has 3 rings (SSSR count). The zero-order valence-corrected chi connectivity index (χ0v) is 13.0. The molecule has 0 fully saturated rings. The van der Waals surface area contributed by atoms with E-state index in [-0.39, 0.29) is 11.4 Å². The van der Waals surface area contributed by atoms with Crippen LogP contribution in [0.3, 0.4) is 0 Å². The lowest BCUT2D eigenvalue weighted by Gasteiger charge is -2.10. The second-order valence-corrected chi connectivity index (χ2v) is 5.49. The minimum atomic E-state index is -0.457. The molecule has 8 nitrogen and oxygen atoms in total. The standard InChI is InChI=1S/C15H19N5O3/c1-23-13-9-11(6-7-12(13)20(21)22)16-10-15-18-17-14-5-3-2-4-8-19(14)15/h6-7,9,16H,2-5,8,10H2,1H3. The van der Waals surface area contributed by atoms with Crippen LogP contribution in [0.1, 0.15) is 30.9 Å². The molecule has 2 heterocycles. The predicted octanol–water partition coefficient (Wildman–Crippen LogP) is 2.53. The van der Waals surface area contributed by atoms with Crippen molar-refractivity contribution in [1.82, 2.24) is 14.8 Å². The first kappa shape index (κ1) is 15.3. The Morgan fingerprint density at radius 1 is 1.35 bits per heavy atom. The Balaban J connectivity index is 1.74. The van der Waals surface area contributed by atoms with E-state index in [1.54, 1.807) is 12.1 Å². The summed E-state index contributed by atoms with van der Waals surface area (Å²) in [6.45, 7) is 1.47. The molecule has 0 saturated heterocycles. The monoisotopic (exact) mass is 317 g/mol. The van der Waals surface area contributed by atoms with E-state index < -0.39 is 4.92 Å². The molecular weight excluding hydrogens is 298 g/mol. The fraction of sp³-hybridized carbons (Fsp3) is 0.467. The van der Waals surface area contributed by atoms with Gasteiger partial charge in [0.1, 0.15) is 5.82 Å². The van der Waals surface area contributed by atoms with Crippen LogP contribution < -0.4 is 10.1 Å². The molecule has 1 aliphatic rings. The van der Waals surface area contributed by atoms with Crippen LogP contribution >= 0.6 is 0 Å². The molecular formula is C15H19N5O3. The van der Waals surface area contributed by atoms with E-state index in [4.69, 9.17) is 4.74 Å². The van der Waals surface area contributed by atoms with Crippen molar-refractivity contribution in [2.45, 2.75) is 38.8 Å². The Morgan fingerprint density at radius 2 is 2.22 bits per heavy atom. The zero-order chi connectivity index (χ0) is 16.2. The lowest BCUT2D eigenvalue weighted by Crippen LogP contribution is -2.10. The van der Waals surface area contributed by atoms with Crippen molar-refractivity contribution in [3.8, 4) is 5.75 Å². The van der Waals surface area contributed by atoms with E-state index in [1.165, 1.54) is 19.6 Å². The first-order valence-electron chi connectivity index (χ1n) is 7.66. The Bertz CT molecular complexity index is 713. The van der Waals surface area contributed by atoms with Crippen LogP contribution in [-0.2, 0) is 19.5 Å². The number of anilines is 1. The summed E-state index contributed by atoms with van der Waals surface area (Å²) in [4.78, 5) is 10.5. The second-order valence-electron chi connectivity index (χ2n) is 5.49. The molecule has 0 atom stereocenters. The van der Waals surface area contributed by atoms with E-state index in [0.29, 0.717) is 6.54 Å². The van der Waals surface area contributed by atoms with Gasteiger partial charge >= 0.3 is 5.69 Å². The number of hydrogen-bond acceptors (Lipinski definition) is 6. The smallest absolute Gasteiger partial charge is 0.311 e. The lowest BCUT2D eigenvalue weighted by molar-refractivity contribution is -0.385. The Labute approximate surface area is 133 Å². The number of nitro benzene ring substituents is 1. The van der Waals surface area contributed by atoms with Gasteiger partial charge in [0, 0.05) is 30.8 Å². The van der Waals surface area contributed by atoms with Gasteiger partial charge in [-0.2, -0.15) is 0 Å². The number of fused-ring (bicyclic) bond motifs is 1. The number of ether oxygens (including phenoxy) is 1. The van der Waals surface area contributed by atoms with Gasteiger partial charge in [0.2, 0.25) is 0 Å². The Kier molecular flexibility index (Phi) is 4.40. The third kappa shape index (κ3) is 3.25. The van der Waals surface area contributed by atoms with Crippen molar-refractivity contribution in [3.63, 3.8) is 0 Å². The summed E-state index contributed by atoms with van der Waals surface area (Å²) in [7, 11) is 1.42. The van der Waals surface area contributed by atoms with Gasteiger partial charge in [-0.05, 0) is 18.9 Å². The molecule has 1 aromatic heterocycles. The average Bonchev–Trinajstić information content (AvgIpc) is 2.78. The highest BCUT2D eigenvalue weighted by atomic mass is 16.6. The molecule has 0 saturated carbocycles. The molecule has 23 heavy (non-hydrogen) atoms. The largest absolute Gasteiger partial charge is 0.490 e. The Morgan fingerprint density at radius 3 is 3.00 bits per heavy atom. The number of aryl methyl sites for hydroxylation is 1. The number of aromatic nitrogens is 3. The van der Waals surface area contributed by atoms with Gasteiger partial charge in [-0.25, -0.2) is 0 Å². The van der Waals surface area contributed by atoms with Crippen molar-refractivity contribution in [2.75, 3.05) is 12.4 Å². The molecule has 2 aromatic rings. The molecule has 8 heteroatoms. The third-order valence-corrected chi connectivity index (χ3v) is 4.01. The summed E-state index contributed by atoms with van der Waals surface area (Å²) >= 11 is 0. The fourth-order valence-corrected chi connectivity index (χ4v) is 2.80. The van der Waals surface area contributed by atoms with Crippen LogP contribution in [0, 0.1) is 10.1 Å². The predicted molar refractivity (Wildman–Crippen MR) is 84.6 cm³/mol. The first-order chi connectivity index (χ1) is 11.2. The third-order valence-electron chi connectivity index (χ3n) is 4.01. The van der Waals surface area contributed by atoms with E-state index in [9.17, 15) is 10.1 Å². The van der Waals surface area contributed by atoms with Gasteiger partial charge in [-0.3, -0.25) is 10.1 Å². The van der Waals surface area contributed by atoms with E-state index in [2.05, 4.69) is 20.1 Å². The summed E-state index contributed by atoms with van der Waals surface area (Å²) in [6.07, 6.45) is 4.49. The maximum Gasteiger partial charge on any atom is 0.311 e. The summed E-state index contributed by atoms with van der Waals surface area (Å²) in [5, 5.41) is 22.7. The molecule has 0 radical (unpaired) electrons. The van der Waals surface area contributed by atoms with Crippen LogP contribution in [0.25, 0.3) is 0 Å². The number of rotatable bonds is 5. The highest BCUT2D eigenvalue weighted by molar-refractivity contribution is 5.57. The van der Waals surface area contributed by atoms with Gasteiger partial charge < -0.3 is 14.6 Å². The van der Waals surface area contributed by atoms with Crippen LogP contribution in [0.5, 0.6) is 5.75 Å². The quantitative estimate of drug-likeness (QED) is 0.672. The summed E-state index contributed by atoms with van der Waals surface area (Å²) < 4.78 is 7.25. The SMILES string of the molecule is COc1cc(NCc2nnc3n2CCCCC3)ccc1[N+](=O)[O-]. The molecule has 1 aliphatic heterocycles. The summed E-state index contributed by atoms with van der Waals surface area (Å²) in [5.74, 6) is 2.17. The molecule has 0 aliphatic carbocycles. The fourth-order valence-electron chi connectivity index (χ4n) is 2.80. The van der Waals surface area contributed by atoms with Crippen molar-refractivity contribution in [1.29, 1.82) is 0 Å². The number of hydrogen-bond donors (Lipinski definition) is 1.